The zero-order valence-electron chi connectivity index (χ0n) is 17.6. The lowest BCUT2D eigenvalue weighted by Gasteiger charge is -2.27. The normalized spacial score (nSPS) is 14.7. The first-order valence-electron chi connectivity index (χ1n) is 10.5. The van der Waals surface area contributed by atoms with E-state index in [1.54, 1.807) is 0 Å². The molecule has 1 aromatic heterocycles. The van der Waals surface area contributed by atoms with Gasteiger partial charge < -0.3 is 10.0 Å². The van der Waals surface area contributed by atoms with E-state index in [1.165, 1.54) is 32.1 Å². The fraction of sp³-hybridized carbons (Fsp3) is 0.522. The molecule has 3 rings (SSSR count). The molecule has 1 fully saturated rings. The quantitative estimate of drug-likeness (QED) is 0.761. The fourth-order valence-electron chi connectivity index (χ4n) is 4.33. The zero-order valence-corrected chi connectivity index (χ0v) is 17.6. The van der Waals surface area contributed by atoms with E-state index in [-0.39, 0.29) is 12.3 Å². The molecular formula is C23H31N3O3. The van der Waals surface area contributed by atoms with Gasteiger partial charge in [0.05, 0.1) is 11.4 Å². The maximum Gasteiger partial charge on any atom is 0.303 e. The second-order valence-electron chi connectivity index (χ2n) is 8.19. The topological polar surface area (TPSA) is 75.4 Å². The lowest BCUT2D eigenvalue weighted by atomic mass is 9.89. The summed E-state index contributed by atoms with van der Waals surface area (Å²) in [6.45, 7) is 4.68. The number of carbonyl (C=O) groups is 2. The highest BCUT2D eigenvalue weighted by atomic mass is 16.4. The molecule has 1 heterocycles. The van der Waals surface area contributed by atoms with Crippen LogP contribution in [-0.4, -0.2) is 45.3 Å². The van der Waals surface area contributed by atoms with Crippen LogP contribution in [0.2, 0.25) is 0 Å². The molecule has 0 bridgehead atoms. The zero-order chi connectivity index (χ0) is 21.0. The van der Waals surface area contributed by atoms with Crippen molar-refractivity contribution < 1.29 is 14.7 Å². The number of benzene rings is 1. The first kappa shape index (κ1) is 21.1. The Hall–Kier alpha value is -2.63. The fourth-order valence-corrected chi connectivity index (χ4v) is 4.33. The van der Waals surface area contributed by atoms with Crippen molar-refractivity contribution in [1.29, 1.82) is 0 Å². The summed E-state index contributed by atoms with van der Waals surface area (Å²) in [5.74, 6) is -0.134. The van der Waals surface area contributed by atoms with Crippen LogP contribution in [0.3, 0.4) is 0 Å². The van der Waals surface area contributed by atoms with Gasteiger partial charge in [-0.25, -0.2) is 4.68 Å². The predicted molar refractivity (Wildman–Crippen MR) is 113 cm³/mol. The Morgan fingerprint density at radius 2 is 1.79 bits per heavy atom. The van der Waals surface area contributed by atoms with E-state index in [0.29, 0.717) is 17.9 Å². The second kappa shape index (κ2) is 9.25. The Labute approximate surface area is 172 Å². The van der Waals surface area contributed by atoms with Gasteiger partial charge in [-0.05, 0) is 68.9 Å². The van der Waals surface area contributed by atoms with Gasteiger partial charge in [0.2, 0.25) is 0 Å². The van der Waals surface area contributed by atoms with Crippen LogP contribution in [0, 0.1) is 19.8 Å². The molecule has 6 nitrogen and oxygen atoms in total. The van der Waals surface area contributed by atoms with Crippen LogP contribution in [0.5, 0.6) is 0 Å². The standard InChI is InChI=1S/C23H31N3O3/c1-16-21(13-14-22(27)28)17(2)26(24-16)20-11-9-19(10-12-20)23(29)25(3)15-18-7-5-4-6-8-18/h9-12,18H,4-8,13-15H2,1-3H3,(H,27,28). The van der Waals surface area contributed by atoms with Crippen LogP contribution in [0.25, 0.3) is 5.69 Å². The molecule has 0 radical (unpaired) electrons. The highest BCUT2D eigenvalue weighted by molar-refractivity contribution is 5.94. The lowest BCUT2D eigenvalue weighted by molar-refractivity contribution is -0.136. The Morgan fingerprint density at radius 1 is 1.14 bits per heavy atom. The number of carbonyl (C=O) groups excluding carboxylic acids is 1. The average Bonchev–Trinajstić information content (AvgIpc) is 3.00. The largest absolute Gasteiger partial charge is 0.481 e. The minimum Gasteiger partial charge on any atom is -0.481 e. The Bertz CT molecular complexity index is 864. The first-order chi connectivity index (χ1) is 13.9. The number of hydrogen-bond acceptors (Lipinski definition) is 3. The number of carboxylic acid groups (broad SMARTS) is 1. The summed E-state index contributed by atoms with van der Waals surface area (Å²) < 4.78 is 1.83. The third-order valence-corrected chi connectivity index (χ3v) is 5.99. The van der Waals surface area contributed by atoms with E-state index in [9.17, 15) is 9.59 Å². The van der Waals surface area contributed by atoms with Gasteiger partial charge in [0.1, 0.15) is 0 Å². The highest BCUT2D eigenvalue weighted by Crippen LogP contribution is 2.25. The molecule has 156 valence electrons. The molecule has 0 saturated heterocycles. The van der Waals surface area contributed by atoms with E-state index in [2.05, 4.69) is 5.10 Å². The average molecular weight is 398 g/mol. The summed E-state index contributed by atoms with van der Waals surface area (Å²) >= 11 is 0. The molecule has 2 aromatic rings. The number of aryl methyl sites for hydroxylation is 1. The van der Waals surface area contributed by atoms with E-state index in [4.69, 9.17) is 5.11 Å². The molecule has 1 saturated carbocycles. The summed E-state index contributed by atoms with van der Waals surface area (Å²) in [4.78, 5) is 25.5. The molecule has 0 atom stereocenters. The minimum atomic E-state index is -0.809. The molecule has 1 amide bonds. The van der Waals surface area contributed by atoms with Gasteiger partial charge in [-0.3, -0.25) is 9.59 Å². The number of aromatic nitrogens is 2. The summed E-state index contributed by atoms with van der Waals surface area (Å²) in [6, 6.07) is 7.51. The summed E-state index contributed by atoms with van der Waals surface area (Å²) in [5, 5.41) is 13.5. The highest BCUT2D eigenvalue weighted by Gasteiger charge is 2.20. The number of amides is 1. The lowest BCUT2D eigenvalue weighted by Crippen LogP contribution is -2.32. The summed E-state index contributed by atoms with van der Waals surface area (Å²) in [5.41, 5.74) is 4.31. The Kier molecular flexibility index (Phi) is 6.72. The molecule has 1 aliphatic rings. The first-order valence-corrected chi connectivity index (χ1v) is 10.5. The van der Waals surface area contributed by atoms with Crippen molar-refractivity contribution >= 4 is 11.9 Å². The predicted octanol–water partition coefficient (Wildman–Crippen LogP) is 4.16. The van der Waals surface area contributed by atoms with E-state index < -0.39 is 5.97 Å². The van der Waals surface area contributed by atoms with Crippen LogP contribution in [0.15, 0.2) is 24.3 Å². The number of rotatable bonds is 7. The third kappa shape index (κ3) is 5.05. The Balaban J connectivity index is 1.70. The van der Waals surface area contributed by atoms with Crippen molar-refractivity contribution in [3.63, 3.8) is 0 Å². The van der Waals surface area contributed by atoms with Crippen molar-refractivity contribution in [2.75, 3.05) is 13.6 Å². The van der Waals surface area contributed by atoms with Gasteiger partial charge >= 0.3 is 5.97 Å². The van der Waals surface area contributed by atoms with E-state index in [1.807, 2.05) is 54.7 Å². The molecule has 1 N–H and O–H groups in total. The number of aliphatic carboxylic acids is 1. The maximum atomic E-state index is 12.8. The number of hydrogen-bond donors (Lipinski definition) is 1. The Morgan fingerprint density at radius 3 is 2.41 bits per heavy atom. The molecule has 0 aliphatic heterocycles. The van der Waals surface area contributed by atoms with Crippen LogP contribution >= 0.6 is 0 Å². The summed E-state index contributed by atoms with van der Waals surface area (Å²) in [6.07, 6.45) is 6.87. The second-order valence-corrected chi connectivity index (χ2v) is 8.19. The van der Waals surface area contributed by atoms with Gasteiger partial charge in [-0.2, -0.15) is 5.10 Å². The SMILES string of the molecule is Cc1nn(-c2ccc(C(=O)N(C)CC3CCCCC3)cc2)c(C)c1CCC(=O)O. The molecule has 0 unspecified atom stereocenters. The smallest absolute Gasteiger partial charge is 0.303 e. The van der Waals surface area contributed by atoms with Crippen molar-refractivity contribution in [3.05, 3.63) is 46.8 Å². The van der Waals surface area contributed by atoms with Crippen LogP contribution in [0.1, 0.15) is 65.8 Å². The number of carboxylic acids is 1. The van der Waals surface area contributed by atoms with Crippen LogP contribution in [0.4, 0.5) is 0 Å². The van der Waals surface area contributed by atoms with Crippen LogP contribution < -0.4 is 0 Å². The van der Waals surface area contributed by atoms with Crippen LogP contribution in [-0.2, 0) is 11.2 Å². The maximum absolute atomic E-state index is 12.8. The number of nitrogens with zero attached hydrogens (tertiary/aromatic N) is 3. The van der Waals surface area contributed by atoms with Crippen molar-refractivity contribution in [1.82, 2.24) is 14.7 Å². The van der Waals surface area contributed by atoms with E-state index >= 15 is 0 Å². The van der Waals surface area contributed by atoms with E-state index in [0.717, 1.165) is 29.2 Å². The van der Waals surface area contributed by atoms with Gasteiger partial charge in [0.25, 0.3) is 5.91 Å². The molecule has 0 spiro atoms. The molecule has 29 heavy (non-hydrogen) atoms. The van der Waals surface area contributed by atoms with Gasteiger partial charge in [-0.15, -0.1) is 0 Å². The van der Waals surface area contributed by atoms with Gasteiger partial charge in [0, 0.05) is 31.3 Å². The molecule has 6 heteroatoms. The van der Waals surface area contributed by atoms with Gasteiger partial charge in [-0.1, -0.05) is 19.3 Å². The van der Waals surface area contributed by atoms with Crippen molar-refractivity contribution in [3.8, 4) is 5.69 Å². The third-order valence-electron chi connectivity index (χ3n) is 5.99. The van der Waals surface area contributed by atoms with Crippen molar-refractivity contribution in [2.24, 2.45) is 5.92 Å². The minimum absolute atomic E-state index is 0.0534. The monoisotopic (exact) mass is 397 g/mol. The molecule has 1 aliphatic carbocycles. The van der Waals surface area contributed by atoms with Crippen molar-refractivity contribution in [2.45, 2.75) is 58.8 Å². The summed E-state index contributed by atoms with van der Waals surface area (Å²) in [7, 11) is 1.89. The molecule has 1 aromatic carbocycles. The molecular weight excluding hydrogens is 366 g/mol. The van der Waals surface area contributed by atoms with Gasteiger partial charge in [0.15, 0.2) is 0 Å².